The summed E-state index contributed by atoms with van der Waals surface area (Å²) in [6.07, 6.45) is 1.79. The zero-order valence-corrected chi connectivity index (χ0v) is 18.7. The molecule has 0 radical (unpaired) electrons. The second kappa shape index (κ2) is 9.23. The molecule has 0 unspecified atom stereocenters. The van der Waals surface area contributed by atoms with Crippen molar-refractivity contribution in [3.63, 3.8) is 0 Å². The van der Waals surface area contributed by atoms with Crippen LogP contribution in [0.3, 0.4) is 0 Å². The van der Waals surface area contributed by atoms with E-state index in [9.17, 15) is 4.79 Å². The van der Waals surface area contributed by atoms with Crippen LogP contribution in [0.5, 0.6) is 5.75 Å². The van der Waals surface area contributed by atoms with Gasteiger partial charge < -0.3 is 10.1 Å². The third kappa shape index (κ3) is 4.87. The highest BCUT2D eigenvalue weighted by Crippen LogP contribution is 2.34. The van der Waals surface area contributed by atoms with Crippen LogP contribution in [-0.2, 0) is 11.4 Å². The van der Waals surface area contributed by atoms with Crippen LogP contribution >= 0.6 is 47.2 Å². The average Bonchev–Trinajstić information content (AvgIpc) is 3.06. The first-order chi connectivity index (χ1) is 14.5. The highest BCUT2D eigenvalue weighted by molar-refractivity contribution is 8.26. The molecule has 7 heteroatoms. The van der Waals surface area contributed by atoms with Crippen molar-refractivity contribution in [1.29, 1.82) is 0 Å². The molecule has 0 atom stereocenters. The highest BCUT2D eigenvalue weighted by atomic mass is 35.5. The number of hydrogen-bond acceptors (Lipinski definition) is 4. The molecular weight excluding hydrogens is 457 g/mol. The lowest BCUT2D eigenvalue weighted by Gasteiger charge is -2.12. The summed E-state index contributed by atoms with van der Waals surface area (Å²) < 4.78 is 6.51. The molecule has 0 bridgehead atoms. The summed E-state index contributed by atoms with van der Waals surface area (Å²) in [5.74, 6) is 0.459. The number of rotatable bonds is 5. The van der Waals surface area contributed by atoms with E-state index in [2.05, 4.69) is 5.32 Å². The van der Waals surface area contributed by atoms with Crippen LogP contribution in [0.4, 0.5) is 0 Å². The SMILES string of the molecule is O=C1NC(=S)S/C1=C\c1cc(-c2ccc(Cl)c(Cl)c2)ccc1OCc1ccccc1. The third-order valence-electron chi connectivity index (χ3n) is 4.43. The quantitative estimate of drug-likeness (QED) is 0.330. The van der Waals surface area contributed by atoms with E-state index in [1.165, 1.54) is 11.8 Å². The Labute approximate surface area is 194 Å². The van der Waals surface area contributed by atoms with E-state index in [0.717, 1.165) is 22.3 Å². The van der Waals surface area contributed by atoms with Crippen molar-refractivity contribution >= 4 is 63.5 Å². The molecule has 1 N–H and O–H groups in total. The summed E-state index contributed by atoms with van der Waals surface area (Å²) in [5, 5.41) is 3.62. The van der Waals surface area contributed by atoms with Crippen LogP contribution in [0, 0.1) is 0 Å². The van der Waals surface area contributed by atoms with Crippen LogP contribution in [0.1, 0.15) is 11.1 Å². The molecule has 1 fully saturated rings. The maximum absolute atomic E-state index is 12.2. The molecule has 0 saturated carbocycles. The third-order valence-corrected chi connectivity index (χ3v) is 6.33. The van der Waals surface area contributed by atoms with Crippen molar-refractivity contribution in [2.75, 3.05) is 0 Å². The van der Waals surface area contributed by atoms with Gasteiger partial charge in [-0.15, -0.1) is 0 Å². The lowest BCUT2D eigenvalue weighted by atomic mass is 10.0. The number of halogens is 2. The van der Waals surface area contributed by atoms with Crippen LogP contribution in [0.15, 0.2) is 71.6 Å². The summed E-state index contributed by atoms with van der Waals surface area (Å²) in [5.41, 5.74) is 3.67. The largest absolute Gasteiger partial charge is 0.488 e. The summed E-state index contributed by atoms with van der Waals surface area (Å²) in [6.45, 7) is 0.418. The fourth-order valence-corrected chi connectivity index (χ4v) is 4.28. The number of ether oxygens (including phenoxy) is 1. The van der Waals surface area contributed by atoms with Crippen molar-refractivity contribution < 1.29 is 9.53 Å². The Bertz CT molecular complexity index is 1160. The molecule has 1 aliphatic heterocycles. The number of benzene rings is 3. The zero-order valence-electron chi connectivity index (χ0n) is 15.5. The number of carbonyl (C=O) groups is 1. The maximum atomic E-state index is 12.2. The molecule has 1 amide bonds. The second-order valence-corrected chi connectivity index (χ2v) is 9.04. The second-order valence-electron chi connectivity index (χ2n) is 6.51. The van der Waals surface area contributed by atoms with E-state index in [-0.39, 0.29) is 5.91 Å². The predicted molar refractivity (Wildman–Crippen MR) is 129 cm³/mol. The fraction of sp³-hybridized carbons (Fsp3) is 0.0435. The number of amides is 1. The van der Waals surface area contributed by atoms with Gasteiger partial charge in [0.15, 0.2) is 0 Å². The first-order valence-corrected chi connectivity index (χ1v) is 11.0. The molecule has 0 aliphatic carbocycles. The average molecular weight is 472 g/mol. The van der Waals surface area contributed by atoms with Gasteiger partial charge in [0.25, 0.3) is 5.91 Å². The van der Waals surface area contributed by atoms with Gasteiger partial charge in [0.1, 0.15) is 16.7 Å². The highest BCUT2D eigenvalue weighted by Gasteiger charge is 2.22. The maximum Gasteiger partial charge on any atom is 0.263 e. The molecule has 4 rings (SSSR count). The van der Waals surface area contributed by atoms with E-state index in [0.29, 0.717) is 31.6 Å². The number of hydrogen-bond donors (Lipinski definition) is 1. The molecule has 0 spiro atoms. The monoisotopic (exact) mass is 471 g/mol. The first-order valence-electron chi connectivity index (χ1n) is 9.00. The van der Waals surface area contributed by atoms with E-state index in [1.807, 2.05) is 60.7 Å². The molecule has 1 saturated heterocycles. The molecule has 3 aromatic rings. The van der Waals surface area contributed by atoms with Crippen LogP contribution in [-0.4, -0.2) is 10.2 Å². The van der Waals surface area contributed by atoms with Crippen LogP contribution in [0.25, 0.3) is 17.2 Å². The van der Waals surface area contributed by atoms with Crippen LogP contribution < -0.4 is 10.1 Å². The van der Waals surface area contributed by atoms with Gasteiger partial charge in [-0.1, -0.05) is 89.6 Å². The van der Waals surface area contributed by atoms with Crippen molar-refractivity contribution in [1.82, 2.24) is 5.32 Å². The molecule has 0 aromatic heterocycles. The van der Waals surface area contributed by atoms with Gasteiger partial charge >= 0.3 is 0 Å². The van der Waals surface area contributed by atoms with Gasteiger partial charge in [-0.3, -0.25) is 4.79 Å². The van der Waals surface area contributed by atoms with E-state index < -0.39 is 0 Å². The van der Waals surface area contributed by atoms with E-state index >= 15 is 0 Å². The molecule has 150 valence electrons. The Morgan fingerprint density at radius 2 is 1.70 bits per heavy atom. The van der Waals surface area contributed by atoms with Gasteiger partial charge in [0.05, 0.1) is 15.0 Å². The number of thiocarbonyl (C=S) groups is 1. The Hall–Kier alpha value is -2.31. The van der Waals surface area contributed by atoms with Crippen molar-refractivity contribution in [3.05, 3.63) is 92.8 Å². The van der Waals surface area contributed by atoms with Crippen molar-refractivity contribution in [3.8, 4) is 16.9 Å². The molecular formula is C23H15Cl2NO2S2. The molecule has 1 heterocycles. The summed E-state index contributed by atoms with van der Waals surface area (Å²) in [4.78, 5) is 12.7. The van der Waals surface area contributed by atoms with Gasteiger partial charge in [-0.05, 0) is 47.0 Å². The van der Waals surface area contributed by atoms with Crippen LogP contribution in [0.2, 0.25) is 10.0 Å². The Kier molecular flexibility index (Phi) is 6.44. The normalized spacial score (nSPS) is 14.8. The Morgan fingerprint density at radius 1 is 0.967 bits per heavy atom. The Morgan fingerprint density at radius 3 is 2.40 bits per heavy atom. The molecule has 3 nitrogen and oxygen atoms in total. The molecule has 3 aromatic carbocycles. The first kappa shape index (κ1) is 20.9. The number of thioether (sulfide) groups is 1. The fourth-order valence-electron chi connectivity index (χ4n) is 2.95. The smallest absolute Gasteiger partial charge is 0.263 e. The number of nitrogens with one attached hydrogen (secondary N) is 1. The van der Waals surface area contributed by atoms with E-state index in [1.54, 1.807) is 12.1 Å². The van der Waals surface area contributed by atoms with Crippen molar-refractivity contribution in [2.24, 2.45) is 0 Å². The topological polar surface area (TPSA) is 38.3 Å². The molecule has 1 aliphatic rings. The van der Waals surface area contributed by atoms with E-state index in [4.69, 9.17) is 40.2 Å². The number of carbonyl (C=O) groups excluding carboxylic acids is 1. The standard InChI is InChI=1S/C23H15Cl2NO2S2/c24-18-8-6-16(11-19(18)25)15-7-9-20(28-13-14-4-2-1-3-5-14)17(10-15)12-21-22(27)26-23(29)30-21/h1-12H,13H2,(H,26,27,29)/b21-12-. The Balaban J connectivity index is 1.71. The van der Waals surface area contributed by atoms with Gasteiger partial charge in [-0.2, -0.15) is 0 Å². The van der Waals surface area contributed by atoms with Gasteiger partial charge in [0.2, 0.25) is 0 Å². The van der Waals surface area contributed by atoms with Gasteiger partial charge in [-0.25, -0.2) is 0 Å². The molecule has 30 heavy (non-hydrogen) atoms. The summed E-state index contributed by atoms with van der Waals surface area (Å²) in [6, 6.07) is 21.2. The van der Waals surface area contributed by atoms with Crippen molar-refractivity contribution in [2.45, 2.75) is 6.61 Å². The zero-order chi connectivity index (χ0) is 21.1. The lowest BCUT2D eigenvalue weighted by Crippen LogP contribution is -2.17. The predicted octanol–water partition coefficient (Wildman–Crippen LogP) is 6.73. The minimum atomic E-state index is -0.209. The van der Waals surface area contributed by atoms with Gasteiger partial charge in [0, 0.05) is 5.56 Å². The minimum absolute atomic E-state index is 0.209. The lowest BCUT2D eigenvalue weighted by molar-refractivity contribution is -0.115. The summed E-state index contributed by atoms with van der Waals surface area (Å²) >= 11 is 18.6. The summed E-state index contributed by atoms with van der Waals surface area (Å²) in [7, 11) is 0. The minimum Gasteiger partial charge on any atom is -0.488 e.